The minimum atomic E-state index is 0.459. The quantitative estimate of drug-likeness (QED) is 0.148. The molecule has 0 unspecified atom stereocenters. The fourth-order valence-corrected chi connectivity index (χ4v) is 9.92. The SMILES string of the molecule is [B]c1c(-c2ccc3c(c2)c2cccc(-c4cccc5ccccc45)c2n3-c2ccc(-c3ccccc3)cc2)c([B])c2c3ccccc3n(-c3ccc(-c4ccccc4)cc3)c2c1[B]. The van der Waals surface area contributed by atoms with Crippen LogP contribution in [0, 0.1) is 0 Å². The molecule has 286 valence electrons. The van der Waals surface area contributed by atoms with Crippen molar-refractivity contribution in [2.45, 2.75) is 0 Å². The summed E-state index contributed by atoms with van der Waals surface area (Å²) < 4.78 is 4.60. The number of para-hydroxylation sites is 2. The molecule has 0 saturated heterocycles. The molecule has 6 radical (unpaired) electrons. The third-order valence-corrected chi connectivity index (χ3v) is 12.8. The molecule has 0 fully saturated rings. The van der Waals surface area contributed by atoms with E-state index in [2.05, 4.69) is 215 Å². The molecule has 0 saturated carbocycles. The summed E-state index contributed by atoms with van der Waals surface area (Å²) in [5.41, 5.74) is 16.3. The second-order valence-corrected chi connectivity index (χ2v) is 16.3. The van der Waals surface area contributed by atoms with Crippen LogP contribution in [0.5, 0.6) is 0 Å². The van der Waals surface area contributed by atoms with Crippen molar-refractivity contribution in [2.75, 3.05) is 0 Å². The van der Waals surface area contributed by atoms with Crippen LogP contribution in [0.4, 0.5) is 0 Å². The van der Waals surface area contributed by atoms with Gasteiger partial charge in [-0.25, -0.2) is 0 Å². The lowest BCUT2D eigenvalue weighted by Crippen LogP contribution is -2.35. The van der Waals surface area contributed by atoms with Crippen LogP contribution in [-0.4, -0.2) is 32.7 Å². The maximum Gasteiger partial charge on any atom is 0.115 e. The van der Waals surface area contributed by atoms with E-state index in [1.165, 1.54) is 27.5 Å². The molecule has 12 aromatic rings. The number of benzene rings is 10. The highest BCUT2D eigenvalue weighted by atomic mass is 15.0. The Morgan fingerprint density at radius 3 is 1.48 bits per heavy atom. The number of aromatic nitrogens is 2. The van der Waals surface area contributed by atoms with Crippen molar-refractivity contribution in [3.63, 3.8) is 0 Å². The van der Waals surface area contributed by atoms with Crippen molar-refractivity contribution in [1.82, 2.24) is 9.13 Å². The molecule has 0 atom stereocenters. The van der Waals surface area contributed by atoms with Crippen molar-refractivity contribution in [3.05, 3.63) is 212 Å². The molecule has 0 aliphatic rings. The van der Waals surface area contributed by atoms with Gasteiger partial charge in [0.1, 0.15) is 23.5 Å². The number of fused-ring (bicyclic) bond motifs is 7. The fourth-order valence-electron chi connectivity index (χ4n) is 9.92. The maximum absolute atomic E-state index is 7.39. The zero-order valence-corrected chi connectivity index (χ0v) is 34.3. The summed E-state index contributed by atoms with van der Waals surface area (Å²) in [7, 11) is 21.8. The van der Waals surface area contributed by atoms with Gasteiger partial charge in [-0.3, -0.25) is 0 Å². The summed E-state index contributed by atoms with van der Waals surface area (Å²) >= 11 is 0. The van der Waals surface area contributed by atoms with Crippen molar-refractivity contribution < 1.29 is 0 Å². The second-order valence-electron chi connectivity index (χ2n) is 16.3. The summed E-state index contributed by atoms with van der Waals surface area (Å²) in [4.78, 5) is 0. The first kappa shape index (κ1) is 37.1. The number of hydrogen-bond acceptors (Lipinski definition) is 0. The van der Waals surface area contributed by atoms with E-state index in [0.29, 0.717) is 16.4 Å². The monoisotopic (exact) mass is 792 g/mol. The van der Waals surface area contributed by atoms with Gasteiger partial charge in [0.05, 0.1) is 16.6 Å². The zero-order valence-electron chi connectivity index (χ0n) is 34.3. The minimum Gasteiger partial charge on any atom is -0.310 e. The molecule has 12 rings (SSSR count). The van der Waals surface area contributed by atoms with Crippen LogP contribution >= 0.6 is 0 Å². The third kappa shape index (κ3) is 5.84. The first-order valence-corrected chi connectivity index (χ1v) is 21.3. The van der Waals surface area contributed by atoms with Crippen LogP contribution < -0.4 is 16.4 Å². The standard InChI is InChI=1S/C58H35B3N2/c59-54-52(55(60)56(61)58-53(54)48-20-9-10-24-50(48)63(58)43-32-27-39(28-33-43)37-15-5-2-6-16-37)41-29-34-51-49(35-41)47-23-12-22-46(45-21-11-18-40-17-7-8-19-44(40)45)57(47)62(51)42-30-25-38(26-31-42)36-13-3-1-4-14-36/h1-35H. The molecular weight excluding hydrogens is 757 g/mol. The van der Waals surface area contributed by atoms with Gasteiger partial charge < -0.3 is 9.13 Å². The Hall–Kier alpha value is -7.75. The van der Waals surface area contributed by atoms with Gasteiger partial charge in [-0.1, -0.05) is 186 Å². The van der Waals surface area contributed by atoms with E-state index in [9.17, 15) is 0 Å². The van der Waals surface area contributed by atoms with Gasteiger partial charge in [-0.15, -0.1) is 0 Å². The van der Waals surface area contributed by atoms with Crippen LogP contribution in [0.3, 0.4) is 0 Å². The normalized spacial score (nSPS) is 11.7. The Morgan fingerprint density at radius 1 is 0.302 bits per heavy atom. The van der Waals surface area contributed by atoms with Crippen LogP contribution in [0.2, 0.25) is 0 Å². The van der Waals surface area contributed by atoms with Gasteiger partial charge in [-0.05, 0) is 92.2 Å². The van der Waals surface area contributed by atoms with Crippen molar-refractivity contribution in [3.8, 4) is 55.9 Å². The Kier molecular flexibility index (Phi) is 8.65. The molecule has 0 bridgehead atoms. The summed E-state index contributed by atoms with van der Waals surface area (Å²) in [6.07, 6.45) is 0. The van der Waals surface area contributed by atoms with E-state index in [-0.39, 0.29) is 0 Å². The predicted octanol–water partition coefficient (Wildman–Crippen LogP) is 12.1. The van der Waals surface area contributed by atoms with Gasteiger partial charge in [0.2, 0.25) is 0 Å². The summed E-state index contributed by atoms with van der Waals surface area (Å²) in [5.74, 6) is 0. The number of nitrogens with zero attached hydrogens (tertiary/aromatic N) is 2. The zero-order chi connectivity index (χ0) is 42.2. The number of rotatable bonds is 6. The Morgan fingerprint density at radius 2 is 0.794 bits per heavy atom. The molecule has 0 spiro atoms. The lowest BCUT2D eigenvalue weighted by molar-refractivity contribution is 1.18. The first-order valence-electron chi connectivity index (χ1n) is 21.3. The van der Waals surface area contributed by atoms with E-state index >= 15 is 0 Å². The summed E-state index contributed by atoms with van der Waals surface area (Å²) in [5, 5.41) is 6.54. The van der Waals surface area contributed by atoms with Crippen LogP contribution in [0.1, 0.15) is 0 Å². The molecule has 10 aromatic carbocycles. The van der Waals surface area contributed by atoms with E-state index in [4.69, 9.17) is 23.5 Å². The molecule has 63 heavy (non-hydrogen) atoms. The molecule has 2 nitrogen and oxygen atoms in total. The number of hydrogen-bond donors (Lipinski definition) is 0. The predicted molar refractivity (Wildman–Crippen MR) is 271 cm³/mol. The Labute approximate surface area is 369 Å². The van der Waals surface area contributed by atoms with Crippen molar-refractivity contribution >= 4 is 94.3 Å². The molecule has 5 heteroatoms. The van der Waals surface area contributed by atoms with E-state index in [0.717, 1.165) is 82.8 Å². The molecule has 2 aromatic heterocycles. The van der Waals surface area contributed by atoms with E-state index in [1.54, 1.807) is 0 Å². The maximum atomic E-state index is 7.39. The lowest BCUT2D eigenvalue weighted by Gasteiger charge is -2.19. The summed E-state index contributed by atoms with van der Waals surface area (Å²) in [6.45, 7) is 0. The highest BCUT2D eigenvalue weighted by Crippen LogP contribution is 2.42. The highest BCUT2D eigenvalue weighted by Gasteiger charge is 2.23. The molecule has 2 heterocycles. The molecule has 0 aliphatic heterocycles. The van der Waals surface area contributed by atoms with Gasteiger partial charge in [0.25, 0.3) is 0 Å². The van der Waals surface area contributed by atoms with Crippen LogP contribution in [-0.2, 0) is 0 Å². The third-order valence-electron chi connectivity index (χ3n) is 12.8. The van der Waals surface area contributed by atoms with Gasteiger partial charge in [-0.2, -0.15) is 0 Å². The van der Waals surface area contributed by atoms with Crippen LogP contribution in [0.15, 0.2) is 212 Å². The fraction of sp³-hybridized carbons (Fsp3) is 0. The molecular formula is C58H35B3N2. The van der Waals surface area contributed by atoms with Gasteiger partial charge >= 0.3 is 0 Å². The van der Waals surface area contributed by atoms with Crippen molar-refractivity contribution in [2.24, 2.45) is 0 Å². The first-order chi connectivity index (χ1) is 31.0. The van der Waals surface area contributed by atoms with Crippen molar-refractivity contribution in [1.29, 1.82) is 0 Å². The largest absolute Gasteiger partial charge is 0.310 e. The average Bonchev–Trinajstić information content (AvgIpc) is 3.87. The Balaban J connectivity index is 1.08. The lowest BCUT2D eigenvalue weighted by atomic mass is 9.69. The average molecular weight is 792 g/mol. The Bertz CT molecular complexity index is 3730. The molecule has 0 amide bonds. The minimum absolute atomic E-state index is 0.459. The van der Waals surface area contributed by atoms with E-state index in [1.807, 2.05) is 6.07 Å². The van der Waals surface area contributed by atoms with Gasteiger partial charge in [0.15, 0.2) is 0 Å². The second kappa shape index (κ2) is 14.7. The van der Waals surface area contributed by atoms with E-state index < -0.39 is 0 Å². The molecule has 0 aliphatic carbocycles. The smallest absolute Gasteiger partial charge is 0.115 e. The highest BCUT2D eigenvalue weighted by molar-refractivity contribution is 6.60. The van der Waals surface area contributed by atoms with Crippen LogP contribution in [0.25, 0.3) is 110 Å². The summed E-state index contributed by atoms with van der Waals surface area (Å²) in [6, 6.07) is 75.1. The topological polar surface area (TPSA) is 9.86 Å². The molecule has 0 N–H and O–H groups in total. The van der Waals surface area contributed by atoms with Gasteiger partial charge in [0, 0.05) is 44.0 Å².